The van der Waals surface area contributed by atoms with Crippen LogP contribution in [0.2, 0.25) is 10.0 Å². The van der Waals surface area contributed by atoms with E-state index in [9.17, 15) is 13.2 Å². The summed E-state index contributed by atoms with van der Waals surface area (Å²) >= 11 is 13.5. The molecule has 1 aliphatic heterocycles. The van der Waals surface area contributed by atoms with Crippen LogP contribution in [0.4, 0.5) is 5.13 Å². The maximum absolute atomic E-state index is 12.8. The van der Waals surface area contributed by atoms with Crippen LogP contribution < -0.4 is 5.32 Å². The molecule has 1 aromatic carbocycles. The highest BCUT2D eigenvalue weighted by atomic mass is 35.5. The van der Waals surface area contributed by atoms with Crippen LogP contribution in [0.5, 0.6) is 0 Å². The zero-order chi connectivity index (χ0) is 18.9. The SMILES string of the molecule is Cc1csc(NC(=O)C2CCN(S(=O)(=O)c3c(Cl)cccc3Cl)CC2)n1. The molecule has 1 fully saturated rings. The van der Waals surface area contributed by atoms with Gasteiger partial charge in [-0.25, -0.2) is 13.4 Å². The van der Waals surface area contributed by atoms with E-state index < -0.39 is 10.0 Å². The number of nitrogens with one attached hydrogen (secondary N) is 1. The summed E-state index contributed by atoms with van der Waals surface area (Å²) in [4.78, 5) is 16.5. The molecule has 2 aromatic rings. The van der Waals surface area contributed by atoms with Crippen molar-refractivity contribution in [1.82, 2.24) is 9.29 Å². The molecule has 1 amide bonds. The summed E-state index contributed by atoms with van der Waals surface area (Å²) in [6.45, 7) is 2.33. The number of carbonyl (C=O) groups excluding carboxylic acids is 1. The molecule has 1 saturated heterocycles. The molecule has 0 spiro atoms. The lowest BCUT2D eigenvalue weighted by atomic mass is 9.97. The molecule has 26 heavy (non-hydrogen) atoms. The Hall–Kier alpha value is -1.19. The van der Waals surface area contributed by atoms with Crippen LogP contribution in [0.1, 0.15) is 18.5 Å². The van der Waals surface area contributed by atoms with Gasteiger partial charge in [0.1, 0.15) is 4.90 Å². The molecule has 0 atom stereocenters. The van der Waals surface area contributed by atoms with Gasteiger partial charge < -0.3 is 5.32 Å². The first-order valence-electron chi connectivity index (χ1n) is 7.96. The van der Waals surface area contributed by atoms with E-state index >= 15 is 0 Å². The molecule has 0 saturated carbocycles. The quantitative estimate of drug-likeness (QED) is 0.794. The maximum Gasteiger partial charge on any atom is 0.246 e. The topological polar surface area (TPSA) is 79.4 Å². The van der Waals surface area contributed by atoms with Crippen LogP contribution in [-0.2, 0) is 14.8 Å². The lowest BCUT2D eigenvalue weighted by Gasteiger charge is -2.30. The van der Waals surface area contributed by atoms with Crippen LogP contribution >= 0.6 is 34.5 Å². The van der Waals surface area contributed by atoms with Gasteiger partial charge in [0.05, 0.1) is 15.7 Å². The van der Waals surface area contributed by atoms with E-state index in [1.807, 2.05) is 12.3 Å². The summed E-state index contributed by atoms with van der Waals surface area (Å²) in [7, 11) is -3.80. The fourth-order valence-corrected chi connectivity index (χ4v) is 6.09. The third kappa shape index (κ3) is 4.04. The minimum atomic E-state index is -3.80. The smallest absolute Gasteiger partial charge is 0.246 e. The van der Waals surface area contributed by atoms with Crippen molar-refractivity contribution >= 4 is 55.6 Å². The summed E-state index contributed by atoms with van der Waals surface area (Å²) in [6, 6.07) is 4.59. The Labute approximate surface area is 166 Å². The van der Waals surface area contributed by atoms with Crippen molar-refractivity contribution in [3.8, 4) is 0 Å². The second kappa shape index (κ2) is 7.82. The first kappa shape index (κ1) is 19.6. The number of nitrogens with zero attached hydrogens (tertiary/aromatic N) is 2. The van der Waals surface area contributed by atoms with Gasteiger partial charge in [-0.15, -0.1) is 11.3 Å². The fourth-order valence-electron chi connectivity index (χ4n) is 2.84. The van der Waals surface area contributed by atoms with Gasteiger partial charge in [0.15, 0.2) is 5.13 Å². The molecule has 0 bridgehead atoms. The van der Waals surface area contributed by atoms with E-state index in [2.05, 4.69) is 10.3 Å². The molecule has 1 aromatic heterocycles. The zero-order valence-corrected chi connectivity index (χ0v) is 17.1. The molecule has 1 N–H and O–H groups in total. The van der Waals surface area contributed by atoms with Crippen molar-refractivity contribution in [2.45, 2.75) is 24.7 Å². The summed E-state index contributed by atoms with van der Waals surface area (Å²) in [5.41, 5.74) is 0.850. The normalized spacial score (nSPS) is 16.6. The number of piperidine rings is 1. The van der Waals surface area contributed by atoms with Gasteiger partial charge in [0.25, 0.3) is 0 Å². The average Bonchev–Trinajstić information content (AvgIpc) is 2.99. The molecule has 2 heterocycles. The Balaban J connectivity index is 1.67. The molecule has 0 unspecified atom stereocenters. The number of rotatable bonds is 4. The predicted molar refractivity (Wildman–Crippen MR) is 103 cm³/mol. The monoisotopic (exact) mass is 433 g/mol. The third-order valence-corrected chi connectivity index (χ3v) is 7.92. The van der Waals surface area contributed by atoms with Crippen LogP contribution in [0, 0.1) is 12.8 Å². The molecule has 3 rings (SSSR count). The van der Waals surface area contributed by atoms with Gasteiger partial charge in [0, 0.05) is 24.4 Å². The van der Waals surface area contributed by atoms with Crippen LogP contribution in [0.25, 0.3) is 0 Å². The highest BCUT2D eigenvalue weighted by Crippen LogP contribution is 2.33. The van der Waals surface area contributed by atoms with Crippen molar-refractivity contribution < 1.29 is 13.2 Å². The number of hydrogen-bond donors (Lipinski definition) is 1. The van der Waals surface area contributed by atoms with E-state index in [4.69, 9.17) is 23.2 Å². The van der Waals surface area contributed by atoms with Crippen molar-refractivity contribution in [3.63, 3.8) is 0 Å². The molecule has 140 valence electrons. The highest BCUT2D eigenvalue weighted by Gasteiger charge is 2.34. The summed E-state index contributed by atoms with van der Waals surface area (Å²) in [6.07, 6.45) is 0.856. The van der Waals surface area contributed by atoms with Gasteiger partial charge in [0.2, 0.25) is 15.9 Å². The number of carbonyl (C=O) groups is 1. The summed E-state index contributed by atoms with van der Waals surface area (Å²) in [5.74, 6) is -0.389. The van der Waals surface area contributed by atoms with Crippen molar-refractivity contribution in [2.75, 3.05) is 18.4 Å². The first-order valence-corrected chi connectivity index (χ1v) is 11.0. The Kier molecular flexibility index (Phi) is 5.88. The zero-order valence-electron chi connectivity index (χ0n) is 13.9. The van der Waals surface area contributed by atoms with Gasteiger partial charge in [-0.3, -0.25) is 4.79 Å². The number of amides is 1. The van der Waals surface area contributed by atoms with Crippen LogP contribution in [0.15, 0.2) is 28.5 Å². The largest absolute Gasteiger partial charge is 0.302 e. The number of hydrogen-bond acceptors (Lipinski definition) is 5. The Morgan fingerprint density at radius 2 is 1.88 bits per heavy atom. The minimum absolute atomic E-state index is 0.0792. The predicted octanol–water partition coefficient (Wildman–Crippen LogP) is 3.80. The Morgan fingerprint density at radius 3 is 2.42 bits per heavy atom. The second-order valence-electron chi connectivity index (χ2n) is 6.01. The number of aryl methyl sites for hydroxylation is 1. The number of benzene rings is 1. The Bertz CT molecular complexity index is 902. The number of aromatic nitrogens is 1. The van der Waals surface area contributed by atoms with E-state index in [1.54, 1.807) is 6.07 Å². The van der Waals surface area contributed by atoms with E-state index in [-0.39, 0.29) is 39.9 Å². The lowest BCUT2D eigenvalue weighted by molar-refractivity contribution is -0.120. The third-order valence-electron chi connectivity index (χ3n) is 4.19. The van der Waals surface area contributed by atoms with Crippen LogP contribution in [-0.4, -0.2) is 36.7 Å². The molecule has 6 nitrogen and oxygen atoms in total. The van der Waals surface area contributed by atoms with Gasteiger partial charge in [-0.1, -0.05) is 29.3 Å². The summed E-state index contributed by atoms with van der Waals surface area (Å²) in [5, 5.41) is 5.40. The van der Waals surface area contributed by atoms with E-state index in [1.165, 1.54) is 27.8 Å². The van der Waals surface area contributed by atoms with E-state index in [0.717, 1.165) is 5.69 Å². The number of anilines is 1. The van der Waals surface area contributed by atoms with E-state index in [0.29, 0.717) is 18.0 Å². The lowest BCUT2D eigenvalue weighted by Crippen LogP contribution is -2.41. The fraction of sp³-hybridized carbons (Fsp3) is 0.375. The maximum atomic E-state index is 12.8. The Morgan fingerprint density at radius 1 is 1.27 bits per heavy atom. The van der Waals surface area contributed by atoms with Gasteiger partial charge in [-0.2, -0.15) is 4.31 Å². The second-order valence-corrected chi connectivity index (χ2v) is 9.56. The van der Waals surface area contributed by atoms with Crippen molar-refractivity contribution in [1.29, 1.82) is 0 Å². The molecule has 1 aliphatic rings. The standard InChI is InChI=1S/C16H17Cl2N3O3S2/c1-10-9-25-16(19-10)20-15(22)11-5-7-21(8-6-11)26(23,24)14-12(17)3-2-4-13(14)18/h2-4,9,11H,5-8H2,1H3,(H,19,20,22). The average molecular weight is 434 g/mol. The number of halogens is 2. The summed E-state index contributed by atoms with van der Waals surface area (Å²) < 4.78 is 27.0. The highest BCUT2D eigenvalue weighted by molar-refractivity contribution is 7.89. The molecule has 0 radical (unpaired) electrons. The molecule has 10 heteroatoms. The number of thiazole rings is 1. The van der Waals surface area contributed by atoms with Gasteiger partial charge in [-0.05, 0) is 31.9 Å². The first-order chi connectivity index (χ1) is 12.3. The number of sulfonamides is 1. The minimum Gasteiger partial charge on any atom is -0.302 e. The van der Waals surface area contributed by atoms with Crippen molar-refractivity contribution in [2.24, 2.45) is 5.92 Å². The van der Waals surface area contributed by atoms with Crippen LogP contribution in [0.3, 0.4) is 0 Å². The molecule has 0 aliphatic carbocycles. The molecular formula is C16H17Cl2N3O3S2. The van der Waals surface area contributed by atoms with Gasteiger partial charge >= 0.3 is 0 Å². The molecular weight excluding hydrogens is 417 g/mol. The van der Waals surface area contributed by atoms with Crippen molar-refractivity contribution in [3.05, 3.63) is 39.3 Å².